The van der Waals surface area contributed by atoms with Crippen LogP contribution in [0, 0.1) is 6.92 Å². The molecule has 1 aromatic carbocycles. The number of carbonyl (C=O) groups is 2. The first-order valence-corrected chi connectivity index (χ1v) is 10.5. The minimum absolute atomic E-state index is 0.272. The molecule has 7 nitrogen and oxygen atoms in total. The fourth-order valence-corrected chi connectivity index (χ4v) is 3.95. The lowest BCUT2D eigenvalue weighted by atomic mass is 10.0. The molecular weight excluding hydrogens is 388 g/mol. The molecule has 0 bridgehead atoms. The lowest BCUT2D eigenvalue weighted by Gasteiger charge is -2.28. The average molecular weight is 413 g/mol. The molecule has 0 aliphatic carbocycles. The number of nitrogens with zero attached hydrogens (tertiary/aromatic N) is 2. The Labute approximate surface area is 174 Å². The van der Waals surface area contributed by atoms with Crippen LogP contribution in [-0.4, -0.2) is 40.4 Å². The van der Waals surface area contributed by atoms with E-state index in [1.165, 1.54) is 11.8 Å². The summed E-state index contributed by atoms with van der Waals surface area (Å²) in [4.78, 5) is 33.6. The minimum Gasteiger partial charge on any atom is -0.463 e. The number of aromatic nitrogens is 2. The number of nitrogens with one attached hydrogen (secondary N) is 2. The normalized spacial score (nSPS) is 16.2. The summed E-state index contributed by atoms with van der Waals surface area (Å²) in [5.41, 5.74) is 3.68. The van der Waals surface area contributed by atoms with Crippen LogP contribution in [0.4, 0.5) is 4.79 Å². The van der Waals surface area contributed by atoms with E-state index in [1.807, 2.05) is 50.2 Å². The van der Waals surface area contributed by atoms with Crippen molar-refractivity contribution in [3.63, 3.8) is 0 Å². The lowest BCUT2D eigenvalue weighted by Crippen LogP contribution is -2.50. The summed E-state index contributed by atoms with van der Waals surface area (Å²) in [5, 5.41) is 6.11. The van der Waals surface area contributed by atoms with Gasteiger partial charge in [-0.3, -0.25) is 0 Å². The zero-order valence-electron chi connectivity index (χ0n) is 16.7. The van der Waals surface area contributed by atoms with Crippen molar-refractivity contribution in [3.8, 4) is 11.3 Å². The third-order valence-corrected chi connectivity index (χ3v) is 5.27. The highest BCUT2D eigenvalue weighted by Crippen LogP contribution is 2.25. The molecule has 0 spiro atoms. The quantitative estimate of drug-likeness (QED) is 0.411. The molecule has 1 aliphatic rings. The van der Waals surface area contributed by atoms with E-state index < -0.39 is 5.97 Å². The topological polar surface area (TPSA) is 93.2 Å². The third kappa shape index (κ3) is 5.14. The van der Waals surface area contributed by atoms with Crippen molar-refractivity contribution in [2.45, 2.75) is 38.4 Å². The Kier molecular flexibility index (Phi) is 6.87. The number of amides is 2. The van der Waals surface area contributed by atoms with Crippen molar-refractivity contribution in [2.75, 3.05) is 12.4 Å². The summed E-state index contributed by atoms with van der Waals surface area (Å²) in [7, 11) is 0. The second-order valence-corrected chi connectivity index (χ2v) is 7.45. The number of aryl methyl sites for hydroxylation is 1. The molecule has 1 aromatic heterocycles. The Hall–Kier alpha value is -2.87. The monoisotopic (exact) mass is 412 g/mol. The molecule has 2 aromatic rings. The van der Waals surface area contributed by atoms with Gasteiger partial charge in [-0.15, -0.1) is 0 Å². The van der Waals surface area contributed by atoms with E-state index in [1.54, 1.807) is 6.92 Å². The Morgan fingerprint density at radius 1 is 1.21 bits per heavy atom. The van der Waals surface area contributed by atoms with Gasteiger partial charge in [0.25, 0.3) is 0 Å². The summed E-state index contributed by atoms with van der Waals surface area (Å²) in [6.07, 6.45) is 0.592. The van der Waals surface area contributed by atoms with Crippen LogP contribution in [0.1, 0.15) is 26.0 Å². The zero-order chi connectivity index (χ0) is 20.8. The molecule has 3 rings (SSSR count). The highest BCUT2D eigenvalue weighted by atomic mass is 32.2. The number of hydrogen-bond donors (Lipinski definition) is 2. The molecule has 2 N–H and O–H groups in total. The number of benzene rings is 1. The van der Waals surface area contributed by atoms with Gasteiger partial charge in [0.1, 0.15) is 0 Å². The number of urea groups is 1. The van der Waals surface area contributed by atoms with Gasteiger partial charge >= 0.3 is 12.0 Å². The van der Waals surface area contributed by atoms with Crippen molar-refractivity contribution >= 4 is 23.8 Å². The Balaban J connectivity index is 1.87. The highest BCUT2D eigenvalue weighted by Gasteiger charge is 2.31. The second-order valence-electron chi connectivity index (χ2n) is 6.50. The zero-order valence-corrected chi connectivity index (χ0v) is 17.5. The van der Waals surface area contributed by atoms with E-state index in [-0.39, 0.29) is 18.7 Å². The predicted molar refractivity (Wildman–Crippen MR) is 112 cm³/mol. The average Bonchev–Trinajstić information content (AvgIpc) is 2.72. The van der Waals surface area contributed by atoms with Gasteiger partial charge in [-0.05, 0) is 26.3 Å². The molecule has 1 atom stereocenters. The Morgan fingerprint density at radius 3 is 2.66 bits per heavy atom. The van der Waals surface area contributed by atoms with Crippen LogP contribution in [0.2, 0.25) is 0 Å². The van der Waals surface area contributed by atoms with Gasteiger partial charge in [-0.1, -0.05) is 49.0 Å². The summed E-state index contributed by atoms with van der Waals surface area (Å²) in [5.74, 6) is -0.0620. The summed E-state index contributed by atoms with van der Waals surface area (Å²) < 4.78 is 5.20. The number of esters is 1. The van der Waals surface area contributed by atoms with Crippen molar-refractivity contribution in [2.24, 2.45) is 0 Å². The van der Waals surface area contributed by atoms with Crippen LogP contribution in [0.25, 0.3) is 11.3 Å². The molecule has 0 saturated heterocycles. The van der Waals surface area contributed by atoms with E-state index in [2.05, 4.69) is 20.6 Å². The molecule has 152 valence electrons. The maximum absolute atomic E-state index is 12.5. The maximum Gasteiger partial charge on any atom is 0.337 e. The fraction of sp³-hybridized carbons (Fsp3) is 0.333. The van der Waals surface area contributed by atoms with Gasteiger partial charge < -0.3 is 15.4 Å². The van der Waals surface area contributed by atoms with E-state index >= 15 is 0 Å². The van der Waals surface area contributed by atoms with Crippen LogP contribution in [-0.2, 0) is 9.53 Å². The van der Waals surface area contributed by atoms with Crippen LogP contribution < -0.4 is 10.6 Å². The number of hydrogen-bond acceptors (Lipinski definition) is 6. The van der Waals surface area contributed by atoms with Gasteiger partial charge in [0, 0.05) is 22.7 Å². The molecular formula is C21H24N4O3S. The number of rotatable bonds is 7. The highest BCUT2D eigenvalue weighted by molar-refractivity contribution is 7.99. The summed E-state index contributed by atoms with van der Waals surface area (Å²) in [6.45, 7) is 5.86. The van der Waals surface area contributed by atoms with Gasteiger partial charge in [0.05, 0.1) is 23.9 Å². The molecule has 0 saturated carbocycles. The number of thioether (sulfide) groups is 1. The van der Waals surface area contributed by atoms with Gasteiger partial charge in [0.2, 0.25) is 0 Å². The lowest BCUT2D eigenvalue weighted by molar-refractivity contribution is -0.139. The van der Waals surface area contributed by atoms with E-state index in [9.17, 15) is 9.59 Å². The van der Waals surface area contributed by atoms with Crippen molar-refractivity contribution in [3.05, 3.63) is 53.4 Å². The Morgan fingerprint density at radius 2 is 1.97 bits per heavy atom. The molecule has 2 amide bonds. The van der Waals surface area contributed by atoms with Crippen molar-refractivity contribution < 1.29 is 14.3 Å². The SMILES string of the molecule is CCOC(=O)C1=C(CSc2nc(C)cc(-c3ccccc3)n2)NC(=O)N[C@H]1CC. The van der Waals surface area contributed by atoms with Gasteiger partial charge in [-0.25, -0.2) is 19.6 Å². The summed E-state index contributed by atoms with van der Waals surface area (Å²) >= 11 is 1.37. The largest absolute Gasteiger partial charge is 0.463 e. The number of ether oxygens (including phenoxy) is 1. The first-order valence-electron chi connectivity index (χ1n) is 9.53. The molecule has 8 heteroatoms. The van der Waals surface area contributed by atoms with E-state index in [0.29, 0.717) is 28.6 Å². The third-order valence-electron chi connectivity index (χ3n) is 4.40. The van der Waals surface area contributed by atoms with E-state index in [4.69, 9.17) is 4.74 Å². The van der Waals surface area contributed by atoms with Crippen LogP contribution in [0.3, 0.4) is 0 Å². The predicted octanol–water partition coefficient (Wildman–Crippen LogP) is 3.45. The van der Waals surface area contributed by atoms with Gasteiger partial charge in [0.15, 0.2) is 5.16 Å². The first-order chi connectivity index (χ1) is 14.0. The molecule has 0 unspecified atom stereocenters. The molecule has 0 radical (unpaired) electrons. The van der Waals surface area contributed by atoms with Crippen molar-refractivity contribution in [1.29, 1.82) is 0 Å². The van der Waals surface area contributed by atoms with Crippen LogP contribution in [0.5, 0.6) is 0 Å². The van der Waals surface area contributed by atoms with Crippen LogP contribution in [0.15, 0.2) is 52.8 Å². The van der Waals surface area contributed by atoms with E-state index in [0.717, 1.165) is 17.0 Å². The fourth-order valence-electron chi connectivity index (χ4n) is 3.07. The molecule has 0 fully saturated rings. The standard InChI is InChI=1S/C21H24N4O3S/c1-4-15-18(19(26)28-5-2)17(24-20(27)23-15)12-29-21-22-13(3)11-16(25-21)14-9-7-6-8-10-14/h6-11,15H,4-5,12H2,1-3H3,(H2,23,24,27)/t15-/m0/s1. The van der Waals surface area contributed by atoms with Crippen molar-refractivity contribution in [1.82, 2.24) is 20.6 Å². The smallest absolute Gasteiger partial charge is 0.337 e. The molecule has 2 heterocycles. The minimum atomic E-state index is -0.419. The molecule has 29 heavy (non-hydrogen) atoms. The summed E-state index contributed by atoms with van der Waals surface area (Å²) in [6, 6.07) is 11.1. The Bertz CT molecular complexity index is 931. The number of carbonyl (C=O) groups excluding carboxylic acids is 2. The second kappa shape index (κ2) is 9.56. The molecule has 1 aliphatic heterocycles. The maximum atomic E-state index is 12.5. The van der Waals surface area contributed by atoms with Gasteiger partial charge in [-0.2, -0.15) is 0 Å². The van der Waals surface area contributed by atoms with Crippen LogP contribution >= 0.6 is 11.8 Å². The first kappa shape index (κ1) is 20.9.